The normalized spacial score (nSPS) is 19.4. The number of aliphatic hydroxyl groups excluding tert-OH is 1. The van der Waals surface area contributed by atoms with Gasteiger partial charge >= 0.3 is 0 Å². The molecule has 1 saturated heterocycles. The highest BCUT2D eigenvalue weighted by Crippen LogP contribution is 2.36. The van der Waals surface area contributed by atoms with E-state index in [1.165, 1.54) is 6.34 Å². The van der Waals surface area contributed by atoms with E-state index in [1.54, 1.807) is 24.5 Å². The summed E-state index contributed by atoms with van der Waals surface area (Å²) in [7, 11) is 0. The zero-order chi connectivity index (χ0) is 33.9. The number of aliphatic hydroxyl groups is 1. The summed E-state index contributed by atoms with van der Waals surface area (Å²) in [6, 6.07) is 8.38. The van der Waals surface area contributed by atoms with Gasteiger partial charge in [-0.1, -0.05) is 6.07 Å². The molecule has 14 heteroatoms. The molecule has 3 heterocycles. The average Bonchev–Trinajstić information content (AvgIpc) is 3.48. The number of morpholine rings is 1. The molecule has 2 aliphatic rings. The van der Waals surface area contributed by atoms with Crippen molar-refractivity contribution >= 4 is 24.3 Å². The Morgan fingerprint density at radius 3 is 2.58 bits per heavy atom. The zero-order valence-corrected chi connectivity index (χ0v) is 27.9. The first kappa shape index (κ1) is 34.7. The van der Waals surface area contributed by atoms with Crippen molar-refractivity contribution in [2.24, 2.45) is 4.99 Å². The number of rotatable bonds is 15. The van der Waals surface area contributed by atoms with Gasteiger partial charge in [-0.05, 0) is 64.2 Å². The second kappa shape index (κ2) is 16.5. The Bertz CT molecular complexity index is 1550. The van der Waals surface area contributed by atoms with E-state index in [2.05, 4.69) is 36.6 Å². The maximum Gasteiger partial charge on any atom is 0.257 e. The van der Waals surface area contributed by atoms with Crippen molar-refractivity contribution in [3.05, 3.63) is 42.4 Å². The summed E-state index contributed by atoms with van der Waals surface area (Å²) in [5.74, 6) is 1.28. The molecular formula is C34H46N10O4. The lowest BCUT2D eigenvalue weighted by atomic mass is 9.90. The molecule has 3 aromatic rings. The van der Waals surface area contributed by atoms with Crippen LogP contribution in [0.25, 0.3) is 11.1 Å². The average molecular weight is 659 g/mol. The van der Waals surface area contributed by atoms with Crippen LogP contribution in [0.4, 0.5) is 11.6 Å². The summed E-state index contributed by atoms with van der Waals surface area (Å²) in [5, 5.41) is 37.3. The Balaban J connectivity index is 1.29. The van der Waals surface area contributed by atoms with Crippen molar-refractivity contribution in [2.75, 3.05) is 44.8 Å². The van der Waals surface area contributed by atoms with Crippen molar-refractivity contribution in [3.63, 3.8) is 0 Å². The van der Waals surface area contributed by atoms with Crippen LogP contribution in [0.1, 0.15) is 64.5 Å². The molecule has 1 aromatic carbocycles. The van der Waals surface area contributed by atoms with E-state index in [-0.39, 0.29) is 18.8 Å². The number of hydrogen-bond donors (Lipinski definition) is 4. The molecule has 4 N–H and O–H groups in total. The molecule has 2 aromatic heterocycles. The molecular weight excluding hydrogens is 612 g/mol. The minimum Gasteiger partial charge on any atom is -0.487 e. The van der Waals surface area contributed by atoms with Crippen LogP contribution >= 0.6 is 0 Å². The minimum atomic E-state index is -0.625. The zero-order valence-electron chi connectivity index (χ0n) is 27.9. The van der Waals surface area contributed by atoms with Gasteiger partial charge in [0.25, 0.3) is 5.88 Å². The third-order valence-electron chi connectivity index (χ3n) is 8.69. The molecule has 5 rings (SSSR count). The molecule has 0 amide bonds. The van der Waals surface area contributed by atoms with Crippen molar-refractivity contribution in [1.29, 1.82) is 10.7 Å². The highest BCUT2D eigenvalue weighted by molar-refractivity contribution is 5.69. The van der Waals surface area contributed by atoms with Crippen LogP contribution in [-0.2, 0) is 4.74 Å². The van der Waals surface area contributed by atoms with Crippen LogP contribution in [0.5, 0.6) is 11.6 Å². The summed E-state index contributed by atoms with van der Waals surface area (Å²) in [6.07, 6.45) is 12.2. The fraction of sp³-hybridized carbons (Fsp3) is 0.529. The summed E-state index contributed by atoms with van der Waals surface area (Å²) >= 11 is 0. The number of hydrogen-bond acceptors (Lipinski definition) is 11. The van der Waals surface area contributed by atoms with E-state index >= 15 is 0 Å². The van der Waals surface area contributed by atoms with Gasteiger partial charge in [-0.3, -0.25) is 15.0 Å². The summed E-state index contributed by atoms with van der Waals surface area (Å²) in [5.41, 5.74) is 2.01. The molecule has 1 atom stereocenters. The molecule has 14 nitrogen and oxygen atoms in total. The van der Waals surface area contributed by atoms with E-state index in [1.807, 2.05) is 37.7 Å². The SMILES string of the molecule is C[C@@H](CN/C=N\C=N)Oc1cc(-c2cnc(Nc3cn([C@H]4CC[C@H](N5CCOCC5)CC4)nc3OC(C)(C)CCO)nc2)ccc1C#N. The second-order valence-corrected chi connectivity index (χ2v) is 12.8. The van der Waals surface area contributed by atoms with E-state index < -0.39 is 5.60 Å². The molecule has 1 aliphatic heterocycles. The number of benzene rings is 1. The summed E-state index contributed by atoms with van der Waals surface area (Å²) < 4.78 is 19.9. The Labute approximate surface area is 281 Å². The number of nitrogens with one attached hydrogen (secondary N) is 3. The second-order valence-electron chi connectivity index (χ2n) is 12.8. The Morgan fingerprint density at radius 2 is 1.90 bits per heavy atom. The number of anilines is 2. The first-order valence-electron chi connectivity index (χ1n) is 16.5. The van der Waals surface area contributed by atoms with E-state index in [0.717, 1.165) is 69.5 Å². The lowest BCUT2D eigenvalue weighted by Gasteiger charge is -2.38. The first-order chi connectivity index (χ1) is 23.3. The van der Waals surface area contributed by atoms with Crippen LogP contribution in [-0.4, -0.2) is 99.6 Å². The number of nitriles is 1. The molecule has 1 aliphatic carbocycles. The molecule has 256 valence electrons. The third kappa shape index (κ3) is 9.27. The van der Waals surface area contributed by atoms with Crippen molar-refractivity contribution in [1.82, 2.24) is 30.0 Å². The van der Waals surface area contributed by atoms with Crippen LogP contribution in [0, 0.1) is 16.7 Å². The van der Waals surface area contributed by atoms with Crippen LogP contribution < -0.4 is 20.1 Å². The van der Waals surface area contributed by atoms with Crippen molar-refractivity contribution < 1.29 is 19.3 Å². The van der Waals surface area contributed by atoms with Gasteiger partial charge in [0.1, 0.15) is 35.5 Å². The van der Waals surface area contributed by atoms with Crippen LogP contribution in [0.2, 0.25) is 0 Å². The topological polar surface area (TPSA) is 179 Å². The van der Waals surface area contributed by atoms with Crippen LogP contribution in [0.15, 0.2) is 41.8 Å². The predicted octanol–water partition coefficient (Wildman–Crippen LogP) is 4.30. The molecule has 48 heavy (non-hydrogen) atoms. The fourth-order valence-corrected chi connectivity index (χ4v) is 6.06. The van der Waals surface area contributed by atoms with Gasteiger partial charge in [0, 0.05) is 50.1 Å². The van der Waals surface area contributed by atoms with Gasteiger partial charge in [0.05, 0.1) is 43.9 Å². The molecule has 0 spiro atoms. The van der Waals surface area contributed by atoms with Crippen molar-refractivity contribution in [2.45, 2.75) is 76.7 Å². The van der Waals surface area contributed by atoms with E-state index in [0.29, 0.717) is 47.8 Å². The molecule has 0 radical (unpaired) electrons. The number of aliphatic imine (C=N–C) groups is 1. The largest absolute Gasteiger partial charge is 0.487 e. The van der Waals surface area contributed by atoms with Crippen LogP contribution in [0.3, 0.4) is 0 Å². The number of nitrogens with zero attached hydrogens (tertiary/aromatic N) is 7. The summed E-state index contributed by atoms with van der Waals surface area (Å²) in [4.78, 5) is 15.4. The molecule has 1 saturated carbocycles. The maximum atomic E-state index is 9.63. The lowest BCUT2D eigenvalue weighted by Crippen LogP contribution is -2.45. The Hall–Kier alpha value is -4.58. The number of ether oxygens (including phenoxy) is 3. The van der Waals surface area contributed by atoms with E-state index in [9.17, 15) is 10.4 Å². The summed E-state index contributed by atoms with van der Waals surface area (Å²) in [6.45, 7) is 9.83. The quantitative estimate of drug-likeness (QED) is 0.135. The van der Waals surface area contributed by atoms with E-state index in [4.69, 9.17) is 24.7 Å². The van der Waals surface area contributed by atoms with Gasteiger partial charge in [0.15, 0.2) is 0 Å². The van der Waals surface area contributed by atoms with Gasteiger partial charge in [0.2, 0.25) is 5.95 Å². The van der Waals surface area contributed by atoms with Gasteiger partial charge in [-0.2, -0.15) is 5.26 Å². The predicted molar refractivity (Wildman–Crippen MR) is 183 cm³/mol. The smallest absolute Gasteiger partial charge is 0.257 e. The number of aromatic nitrogens is 4. The standard InChI is InChI=1S/C34H46N10O4/c1-24(18-37-23-38-22-36)47-31-16-25(4-5-26(31)17-35)27-19-39-33(40-20-27)41-30-21-44(42-32(30)48-34(2,3)10-13-45)29-8-6-28(7-9-29)43-11-14-46-15-12-43/h4-5,16,19-24,28-29,45H,6-15,18H2,1-3H3,(H2,36,37,38)(H,39,40,41)/t24-,28-,29-/m0/s1. The Kier molecular flexibility index (Phi) is 11.9. The van der Waals surface area contributed by atoms with Gasteiger partial charge < -0.3 is 30.0 Å². The Morgan fingerprint density at radius 1 is 1.17 bits per heavy atom. The van der Waals surface area contributed by atoms with Gasteiger partial charge in [-0.25, -0.2) is 15.0 Å². The maximum absolute atomic E-state index is 9.63. The third-order valence-corrected chi connectivity index (χ3v) is 8.69. The highest BCUT2D eigenvalue weighted by atomic mass is 16.5. The lowest BCUT2D eigenvalue weighted by molar-refractivity contribution is 0.00493. The molecule has 0 unspecified atom stereocenters. The monoisotopic (exact) mass is 658 g/mol. The van der Waals surface area contributed by atoms with Crippen molar-refractivity contribution in [3.8, 4) is 28.8 Å². The first-order valence-corrected chi connectivity index (χ1v) is 16.5. The fourth-order valence-electron chi connectivity index (χ4n) is 6.06. The molecule has 0 bridgehead atoms. The van der Waals surface area contributed by atoms with Gasteiger partial charge in [-0.15, -0.1) is 5.10 Å². The highest BCUT2D eigenvalue weighted by Gasteiger charge is 2.30. The molecule has 2 fully saturated rings. The minimum absolute atomic E-state index is 0.00485.